The van der Waals surface area contributed by atoms with Crippen LogP contribution in [-0.2, 0) is 26.5 Å². The second-order valence-electron chi connectivity index (χ2n) is 6.89. The summed E-state index contributed by atoms with van der Waals surface area (Å²) in [4.78, 5) is 0. The van der Waals surface area contributed by atoms with Gasteiger partial charge in [0.2, 0.25) is 0 Å². The molecule has 0 aliphatic heterocycles. The van der Waals surface area contributed by atoms with Crippen LogP contribution < -0.4 is 0 Å². The SMILES string of the molecule is CC(C)OC(O[SiH2]CCCCCc1ccc(C(F)(F)F)cc1)OC(C)C. The highest BCUT2D eigenvalue weighted by Crippen LogP contribution is 2.29. The molecule has 0 heterocycles. The highest BCUT2D eigenvalue weighted by molar-refractivity contribution is 6.27. The fourth-order valence-electron chi connectivity index (χ4n) is 2.38. The molecule has 0 atom stereocenters. The molecule has 1 aromatic rings. The molecule has 0 unspecified atom stereocenters. The smallest absolute Gasteiger partial charge is 0.379 e. The molecular formula is C19H31F3O3Si. The third kappa shape index (κ3) is 10.3. The number of alkyl halides is 3. The molecule has 0 fully saturated rings. The summed E-state index contributed by atoms with van der Waals surface area (Å²) in [7, 11) is -0.709. The van der Waals surface area contributed by atoms with Gasteiger partial charge in [-0.15, -0.1) is 0 Å². The summed E-state index contributed by atoms with van der Waals surface area (Å²) in [5.41, 5.74) is 0.355. The van der Waals surface area contributed by atoms with Gasteiger partial charge in [-0.3, -0.25) is 0 Å². The summed E-state index contributed by atoms with van der Waals surface area (Å²) in [6.45, 7) is 7.21. The van der Waals surface area contributed by atoms with Gasteiger partial charge in [-0.05, 0) is 64.3 Å². The van der Waals surface area contributed by atoms with Crippen molar-refractivity contribution < 1.29 is 27.1 Å². The molecule has 0 bridgehead atoms. The number of aryl methyl sites for hydroxylation is 1. The maximum atomic E-state index is 12.5. The summed E-state index contributed by atoms with van der Waals surface area (Å²) in [5.74, 6) is 0. The van der Waals surface area contributed by atoms with Crippen LogP contribution in [0.2, 0.25) is 6.04 Å². The largest absolute Gasteiger partial charge is 0.416 e. The highest BCUT2D eigenvalue weighted by Gasteiger charge is 2.29. The van der Waals surface area contributed by atoms with Crippen molar-refractivity contribution in [1.82, 2.24) is 0 Å². The van der Waals surface area contributed by atoms with Gasteiger partial charge in [-0.2, -0.15) is 13.2 Å². The molecule has 0 N–H and O–H groups in total. The van der Waals surface area contributed by atoms with Gasteiger partial charge in [0.25, 0.3) is 6.48 Å². The topological polar surface area (TPSA) is 27.7 Å². The molecule has 26 heavy (non-hydrogen) atoms. The van der Waals surface area contributed by atoms with Crippen LogP contribution in [0.3, 0.4) is 0 Å². The van der Waals surface area contributed by atoms with Crippen molar-refractivity contribution in [2.75, 3.05) is 0 Å². The van der Waals surface area contributed by atoms with Gasteiger partial charge in [0.05, 0.1) is 17.8 Å². The minimum Gasteiger partial charge on any atom is -0.379 e. The maximum absolute atomic E-state index is 12.5. The molecule has 3 nitrogen and oxygen atoms in total. The quantitative estimate of drug-likeness (QED) is 0.282. The van der Waals surface area contributed by atoms with Crippen LogP contribution in [-0.4, -0.2) is 28.4 Å². The van der Waals surface area contributed by atoms with E-state index in [1.54, 1.807) is 12.1 Å². The molecule has 1 rings (SSSR count). The van der Waals surface area contributed by atoms with E-state index in [0.717, 1.165) is 49.4 Å². The Morgan fingerprint density at radius 3 is 1.96 bits per heavy atom. The van der Waals surface area contributed by atoms with Gasteiger partial charge in [-0.25, -0.2) is 0 Å². The summed E-state index contributed by atoms with van der Waals surface area (Å²) >= 11 is 0. The number of halogens is 3. The van der Waals surface area contributed by atoms with E-state index in [4.69, 9.17) is 13.9 Å². The van der Waals surface area contributed by atoms with Crippen LogP contribution in [0.1, 0.15) is 58.1 Å². The zero-order valence-electron chi connectivity index (χ0n) is 16.1. The second kappa shape index (κ2) is 11.7. The highest BCUT2D eigenvalue weighted by atomic mass is 28.2. The number of hydrogen-bond donors (Lipinski definition) is 0. The van der Waals surface area contributed by atoms with E-state index in [9.17, 15) is 13.2 Å². The van der Waals surface area contributed by atoms with E-state index < -0.39 is 28.0 Å². The Labute approximate surface area is 157 Å². The minimum atomic E-state index is -4.26. The Morgan fingerprint density at radius 1 is 0.885 bits per heavy atom. The molecule has 0 aromatic heterocycles. The van der Waals surface area contributed by atoms with Crippen LogP contribution >= 0.6 is 0 Å². The normalized spacial score (nSPS) is 13.0. The van der Waals surface area contributed by atoms with Crippen LogP contribution in [0.4, 0.5) is 13.2 Å². The number of benzene rings is 1. The first-order valence-corrected chi connectivity index (χ1v) is 10.8. The van der Waals surface area contributed by atoms with Crippen LogP contribution in [0, 0.1) is 0 Å². The molecule has 7 heteroatoms. The third-order valence-electron chi connectivity index (χ3n) is 3.66. The Bertz CT molecular complexity index is 480. The average Bonchev–Trinajstić information content (AvgIpc) is 2.52. The van der Waals surface area contributed by atoms with Crippen molar-refractivity contribution in [2.24, 2.45) is 0 Å². The summed E-state index contributed by atoms with van der Waals surface area (Å²) in [5, 5.41) is 0. The van der Waals surface area contributed by atoms with Crippen molar-refractivity contribution in [1.29, 1.82) is 0 Å². The molecular weight excluding hydrogens is 361 g/mol. The molecule has 0 aliphatic rings. The fraction of sp³-hybridized carbons (Fsp3) is 0.684. The van der Waals surface area contributed by atoms with Crippen molar-refractivity contribution in [3.63, 3.8) is 0 Å². The average molecular weight is 393 g/mol. The number of unbranched alkanes of at least 4 members (excludes halogenated alkanes) is 2. The van der Waals surface area contributed by atoms with Gasteiger partial charge >= 0.3 is 6.18 Å². The van der Waals surface area contributed by atoms with E-state index in [1.807, 2.05) is 27.7 Å². The number of hydrogen-bond acceptors (Lipinski definition) is 3. The van der Waals surface area contributed by atoms with Crippen LogP contribution in [0.5, 0.6) is 0 Å². The molecule has 1 aromatic carbocycles. The zero-order valence-corrected chi connectivity index (χ0v) is 17.6. The van der Waals surface area contributed by atoms with Gasteiger partial charge in [0, 0.05) is 0 Å². The predicted molar refractivity (Wildman–Crippen MR) is 99.7 cm³/mol. The molecule has 0 saturated carbocycles. The van der Waals surface area contributed by atoms with E-state index in [0.29, 0.717) is 0 Å². The lowest BCUT2D eigenvalue weighted by Gasteiger charge is -2.23. The Kier molecular flexibility index (Phi) is 10.5. The van der Waals surface area contributed by atoms with E-state index in [1.165, 1.54) is 0 Å². The first-order valence-electron chi connectivity index (χ1n) is 9.27. The lowest BCUT2D eigenvalue weighted by molar-refractivity contribution is -0.275. The molecule has 0 aliphatic carbocycles. The zero-order chi connectivity index (χ0) is 19.6. The van der Waals surface area contributed by atoms with Crippen molar-refractivity contribution in [3.8, 4) is 0 Å². The van der Waals surface area contributed by atoms with Crippen molar-refractivity contribution >= 4 is 9.76 Å². The molecule has 0 radical (unpaired) electrons. The molecule has 0 saturated heterocycles. The van der Waals surface area contributed by atoms with E-state index in [-0.39, 0.29) is 12.2 Å². The number of rotatable bonds is 12. The standard InChI is InChI=1S/C19H31F3O3Si/c1-14(2)23-18(24-15(3)4)25-26-13-7-5-6-8-16-9-11-17(12-10-16)19(20,21)22/h9-12,14-15,18H,5-8,13,26H2,1-4H3. The predicted octanol–water partition coefficient (Wildman–Crippen LogP) is 5.07. The lowest BCUT2D eigenvalue weighted by atomic mass is 10.1. The van der Waals surface area contributed by atoms with Crippen LogP contribution in [0.25, 0.3) is 0 Å². The minimum absolute atomic E-state index is 0.0523. The van der Waals surface area contributed by atoms with Gasteiger partial charge in [-0.1, -0.05) is 25.0 Å². The Morgan fingerprint density at radius 2 is 1.46 bits per heavy atom. The molecule has 150 valence electrons. The summed E-state index contributed by atoms with van der Waals surface area (Å²) < 4.78 is 54.5. The lowest BCUT2D eigenvalue weighted by Crippen LogP contribution is -2.28. The molecule has 0 spiro atoms. The first kappa shape index (κ1) is 23.1. The fourth-order valence-corrected chi connectivity index (χ4v) is 3.45. The Balaban J connectivity index is 2.16. The van der Waals surface area contributed by atoms with Gasteiger partial charge in [0.15, 0.2) is 9.76 Å². The maximum Gasteiger partial charge on any atom is 0.416 e. The number of ether oxygens (including phenoxy) is 2. The van der Waals surface area contributed by atoms with Crippen LogP contribution in [0.15, 0.2) is 24.3 Å². The monoisotopic (exact) mass is 392 g/mol. The molecule has 0 amide bonds. The second-order valence-corrected chi connectivity index (χ2v) is 8.34. The summed E-state index contributed by atoms with van der Waals surface area (Å²) in [6, 6.07) is 6.47. The van der Waals surface area contributed by atoms with Gasteiger partial charge < -0.3 is 13.9 Å². The van der Waals surface area contributed by atoms with Crippen molar-refractivity contribution in [3.05, 3.63) is 35.4 Å². The van der Waals surface area contributed by atoms with E-state index >= 15 is 0 Å². The Hall–Kier alpha value is -0.893. The van der Waals surface area contributed by atoms with Gasteiger partial charge in [0.1, 0.15) is 0 Å². The van der Waals surface area contributed by atoms with Crippen molar-refractivity contribution in [2.45, 2.75) is 84.3 Å². The summed E-state index contributed by atoms with van der Waals surface area (Å²) in [6.07, 6.45) is -0.293. The van der Waals surface area contributed by atoms with E-state index in [2.05, 4.69) is 0 Å². The third-order valence-corrected chi connectivity index (χ3v) is 4.96. The first-order chi connectivity index (χ1) is 12.2.